The Morgan fingerprint density at radius 1 is 1.10 bits per heavy atom. The van der Waals surface area contributed by atoms with Crippen LogP contribution in [0.1, 0.15) is 22.3 Å². The topological polar surface area (TPSA) is 66.2 Å². The molecular weight excluding hydrogens is 386 g/mol. The van der Waals surface area contributed by atoms with Crippen LogP contribution >= 0.6 is 0 Å². The zero-order valence-corrected chi connectivity index (χ0v) is 17.1. The zero-order valence-electron chi connectivity index (χ0n) is 17.1. The molecule has 0 saturated heterocycles. The number of carbonyl (C=O) groups is 1. The van der Waals surface area contributed by atoms with Gasteiger partial charge in [0.25, 0.3) is 0 Å². The van der Waals surface area contributed by atoms with Gasteiger partial charge >= 0.3 is 0 Å². The molecule has 2 aromatic carbocycles. The standard InChI is InChI=1S/C26H23N3O2/c1-2-16-29(19-23-7-5-22(17-27)6-8-23)26(30)14-11-21-9-12-25(13-10-21)31-20-24-4-3-15-28-18-24/h2-15,18H,1,16,19-20H2/b14-11+. The number of rotatable bonds is 9. The highest BCUT2D eigenvalue weighted by Gasteiger charge is 2.10. The van der Waals surface area contributed by atoms with Gasteiger partial charge in [0.2, 0.25) is 5.91 Å². The summed E-state index contributed by atoms with van der Waals surface area (Å²) >= 11 is 0. The van der Waals surface area contributed by atoms with Gasteiger partial charge in [-0.05, 0) is 47.5 Å². The zero-order chi connectivity index (χ0) is 21.9. The van der Waals surface area contributed by atoms with Crippen molar-refractivity contribution in [2.75, 3.05) is 6.54 Å². The lowest BCUT2D eigenvalue weighted by Crippen LogP contribution is -2.29. The Kier molecular flexibility index (Phi) is 7.73. The lowest BCUT2D eigenvalue weighted by atomic mass is 10.1. The minimum absolute atomic E-state index is 0.110. The molecule has 0 radical (unpaired) electrons. The van der Waals surface area contributed by atoms with Gasteiger partial charge in [0, 0.05) is 37.1 Å². The Morgan fingerprint density at radius 2 is 1.87 bits per heavy atom. The summed E-state index contributed by atoms with van der Waals surface area (Å²) in [6.45, 7) is 5.07. The van der Waals surface area contributed by atoms with Gasteiger partial charge in [-0.1, -0.05) is 36.4 Å². The predicted octanol–water partition coefficient (Wildman–Crippen LogP) is 4.76. The molecule has 1 heterocycles. The number of hydrogen-bond donors (Lipinski definition) is 0. The van der Waals surface area contributed by atoms with Gasteiger partial charge in [-0.15, -0.1) is 6.58 Å². The van der Waals surface area contributed by atoms with Crippen molar-refractivity contribution in [1.29, 1.82) is 5.26 Å². The molecule has 5 heteroatoms. The Labute approximate surface area is 182 Å². The molecule has 31 heavy (non-hydrogen) atoms. The molecule has 0 bridgehead atoms. The third-order valence-electron chi connectivity index (χ3n) is 4.54. The third kappa shape index (κ3) is 6.69. The first-order chi connectivity index (χ1) is 15.2. The van der Waals surface area contributed by atoms with Gasteiger partial charge in [0.1, 0.15) is 12.4 Å². The van der Waals surface area contributed by atoms with Gasteiger partial charge < -0.3 is 9.64 Å². The normalized spacial score (nSPS) is 10.4. The predicted molar refractivity (Wildman–Crippen MR) is 121 cm³/mol. The van der Waals surface area contributed by atoms with E-state index in [1.807, 2.05) is 48.5 Å². The molecule has 1 aromatic heterocycles. The molecule has 0 fully saturated rings. The highest BCUT2D eigenvalue weighted by molar-refractivity contribution is 5.91. The van der Waals surface area contributed by atoms with Crippen molar-refractivity contribution in [3.8, 4) is 11.8 Å². The SMILES string of the molecule is C=CCN(Cc1ccc(C#N)cc1)C(=O)/C=C/c1ccc(OCc2cccnc2)cc1. The van der Waals surface area contributed by atoms with E-state index in [1.165, 1.54) is 0 Å². The Morgan fingerprint density at radius 3 is 2.52 bits per heavy atom. The minimum atomic E-state index is -0.110. The summed E-state index contributed by atoms with van der Waals surface area (Å²) in [7, 11) is 0. The first-order valence-corrected chi connectivity index (χ1v) is 9.86. The Hall–Kier alpha value is -4.17. The van der Waals surface area contributed by atoms with E-state index in [-0.39, 0.29) is 5.91 Å². The summed E-state index contributed by atoms with van der Waals surface area (Å²) in [5.41, 5.74) is 3.46. The number of pyridine rings is 1. The second-order valence-corrected chi connectivity index (χ2v) is 6.87. The van der Waals surface area contributed by atoms with E-state index in [0.717, 1.165) is 22.4 Å². The minimum Gasteiger partial charge on any atom is -0.489 e. The lowest BCUT2D eigenvalue weighted by Gasteiger charge is -2.19. The van der Waals surface area contributed by atoms with Gasteiger partial charge in [0.15, 0.2) is 0 Å². The van der Waals surface area contributed by atoms with Crippen molar-refractivity contribution < 1.29 is 9.53 Å². The molecule has 3 aromatic rings. The summed E-state index contributed by atoms with van der Waals surface area (Å²) < 4.78 is 5.76. The van der Waals surface area contributed by atoms with Crippen LogP contribution in [0.25, 0.3) is 6.08 Å². The molecule has 0 aliphatic rings. The Balaban J connectivity index is 1.58. The van der Waals surface area contributed by atoms with Crippen LogP contribution in [0.15, 0.2) is 91.8 Å². The maximum Gasteiger partial charge on any atom is 0.247 e. The van der Waals surface area contributed by atoms with Crippen LogP contribution in [0.4, 0.5) is 0 Å². The third-order valence-corrected chi connectivity index (χ3v) is 4.54. The van der Waals surface area contributed by atoms with Gasteiger partial charge in [-0.2, -0.15) is 5.26 Å². The number of ether oxygens (including phenoxy) is 1. The molecule has 0 aliphatic heterocycles. The van der Waals surface area contributed by atoms with Gasteiger partial charge in [0.05, 0.1) is 11.6 Å². The Bertz CT molecular complexity index is 1070. The average Bonchev–Trinajstić information content (AvgIpc) is 2.82. The van der Waals surface area contributed by atoms with Crippen LogP contribution in [0.5, 0.6) is 5.75 Å². The van der Waals surface area contributed by atoms with E-state index in [0.29, 0.717) is 25.3 Å². The number of benzene rings is 2. The fourth-order valence-corrected chi connectivity index (χ4v) is 2.89. The van der Waals surface area contributed by atoms with Crippen molar-refractivity contribution >= 4 is 12.0 Å². The van der Waals surface area contributed by atoms with Crippen molar-refractivity contribution in [1.82, 2.24) is 9.88 Å². The molecular formula is C26H23N3O2. The largest absolute Gasteiger partial charge is 0.489 e. The smallest absolute Gasteiger partial charge is 0.247 e. The van der Waals surface area contributed by atoms with E-state index >= 15 is 0 Å². The molecule has 0 atom stereocenters. The molecule has 5 nitrogen and oxygen atoms in total. The quantitative estimate of drug-likeness (QED) is 0.377. The summed E-state index contributed by atoms with van der Waals surface area (Å²) in [6.07, 6.45) is 8.53. The second-order valence-electron chi connectivity index (χ2n) is 6.87. The molecule has 0 saturated carbocycles. The summed E-state index contributed by atoms with van der Waals surface area (Å²) in [5.74, 6) is 0.641. The first-order valence-electron chi connectivity index (χ1n) is 9.86. The van der Waals surface area contributed by atoms with E-state index in [9.17, 15) is 4.79 Å². The van der Waals surface area contributed by atoms with E-state index in [1.54, 1.807) is 47.7 Å². The number of aromatic nitrogens is 1. The van der Waals surface area contributed by atoms with Crippen molar-refractivity contribution in [3.63, 3.8) is 0 Å². The molecule has 3 rings (SSSR count). The summed E-state index contributed by atoms with van der Waals surface area (Å²) in [6, 6.07) is 20.7. The second kappa shape index (κ2) is 11.1. The summed E-state index contributed by atoms with van der Waals surface area (Å²) in [5, 5.41) is 8.91. The summed E-state index contributed by atoms with van der Waals surface area (Å²) in [4.78, 5) is 18.4. The van der Waals surface area contributed by atoms with E-state index in [4.69, 9.17) is 10.00 Å². The van der Waals surface area contributed by atoms with E-state index in [2.05, 4.69) is 17.6 Å². The van der Waals surface area contributed by atoms with E-state index < -0.39 is 0 Å². The molecule has 0 spiro atoms. The fourth-order valence-electron chi connectivity index (χ4n) is 2.89. The first kappa shape index (κ1) is 21.5. The van der Waals surface area contributed by atoms with Crippen LogP contribution in [-0.4, -0.2) is 22.3 Å². The maximum absolute atomic E-state index is 12.7. The molecule has 0 aliphatic carbocycles. The van der Waals surface area contributed by atoms with Gasteiger partial charge in [-0.3, -0.25) is 9.78 Å². The van der Waals surface area contributed by atoms with Crippen LogP contribution in [-0.2, 0) is 17.9 Å². The molecule has 0 N–H and O–H groups in total. The van der Waals surface area contributed by atoms with Crippen LogP contribution in [0.3, 0.4) is 0 Å². The number of hydrogen-bond acceptors (Lipinski definition) is 4. The average molecular weight is 409 g/mol. The highest BCUT2D eigenvalue weighted by atomic mass is 16.5. The van der Waals surface area contributed by atoms with Crippen LogP contribution in [0, 0.1) is 11.3 Å². The molecule has 154 valence electrons. The number of nitrogens with zero attached hydrogens (tertiary/aromatic N) is 3. The monoisotopic (exact) mass is 409 g/mol. The fraction of sp³-hybridized carbons (Fsp3) is 0.115. The highest BCUT2D eigenvalue weighted by Crippen LogP contribution is 2.15. The molecule has 1 amide bonds. The molecule has 0 unspecified atom stereocenters. The van der Waals surface area contributed by atoms with Crippen molar-refractivity contribution in [3.05, 3.63) is 114 Å². The number of carbonyl (C=O) groups excluding carboxylic acids is 1. The van der Waals surface area contributed by atoms with Crippen molar-refractivity contribution in [2.24, 2.45) is 0 Å². The number of amides is 1. The lowest BCUT2D eigenvalue weighted by molar-refractivity contribution is -0.126. The van der Waals surface area contributed by atoms with Crippen LogP contribution in [0.2, 0.25) is 0 Å². The maximum atomic E-state index is 12.7. The number of nitriles is 1. The van der Waals surface area contributed by atoms with Crippen LogP contribution < -0.4 is 4.74 Å². The van der Waals surface area contributed by atoms with Crippen molar-refractivity contribution in [2.45, 2.75) is 13.2 Å². The van der Waals surface area contributed by atoms with Gasteiger partial charge in [-0.25, -0.2) is 0 Å².